The quantitative estimate of drug-likeness (QED) is 0.291. The van der Waals surface area contributed by atoms with Gasteiger partial charge >= 0.3 is 5.56 Å². The van der Waals surface area contributed by atoms with Gasteiger partial charge in [-0.3, -0.25) is 19.1 Å². The highest BCUT2D eigenvalue weighted by Gasteiger charge is 2.40. The van der Waals surface area contributed by atoms with Crippen LogP contribution >= 0.6 is 11.6 Å². The first-order valence-corrected chi connectivity index (χ1v) is 15.0. The summed E-state index contributed by atoms with van der Waals surface area (Å²) in [7, 11) is 0. The first kappa shape index (κ1) is 29.6. The average Bonchev–Trinajstić information content (AvgIpc) is 3.18. The zero-order chi connectivity index (χ0) is 31.4. The van der Waals surface area contributed by atoms with Crippen molar-refractivity contribution in [1.29, 1.82) is 0 Å². The maximum Gasteiger partial charge on any atom is 0.301 e. The number of fused-ring (bicyclic) bond motifs is 5. The molecule has 0 spiro atoms. The van der Waals surface area contributed by atoms with Crippen molar-refractivity contribution in [3.8, 4) is 28.4 Å². The molecule has 1 fully saturated rings. The first-order valence-electron chi connectivity index (χ1n) is 14.6. The third kappa shape index (κ3) is 4.68. The van der Waals surface area contributed by atoms with E-state index in [2.05, 4.69) is 16.5 Å². The molecule has 2 atom stereocenters. The summed E-state index contributed by atoms with van der Waals surface area (Å²) in [5.41, 5.74) is 2.14. The smallest absolute Gasteiger partial charge is 0.301 e. The number of anilines is 1. The highest BCUT2D eigenvalue weighted by Crippen LogP contribution is 2.44. The minimum Gasteiger partial charge on any atom is -0.507 e. The summed E-state index contributed by atoms with van der Waals surface area (Å²) >= 11 is 6.85. The predicted molar refractivity (Wildman–Crippen MR) is 169 cm³/mol. The SMILES string of the molecule is C=CC(=O)N1CC(C)N2c3c(c(=O)n(-c4c(C)ccnc4C(C)C)c4nc(-c5c(O)cccc5F)c(Cl)cc34)OCCC2C1. The molecule has 1 aromatic carbocycles. The molecule has 1 saturated heterocycles. The number of benzene rings is 1. The van der Waals surface area contributed by atoms with Crippen molar-refractivity contribution in [2.75, 3.05) is 24.6 Å². The molecule has 1 N–H and O–H groups in total. The van der Waals surface area contributed by atoms with Gasteiger partial charge in [0.25, 0.3) is 0 Å². The molecule has 9 nitrogen and oxygen atoms in total. The largest absolute Gasteiger partial charge is 0.507 e. The molecule has 0 saturated carbocycles. The summed E-state index contributed by atoms with van der Waals surface area (Å²) in [5.74, 6) is -1.10. The summed E-state index contributed by atoms with van der Waals surface area (Å²) in [5, 5.41) is 11.3. The number of halogens is 2. The van der Waals surface area contributed by atoms with E-state index >= 15 is 4.39 Å². The number of ether oxygens (including phenoxy) is 1. The van der Waals surface area contributed by atoms with Crippen molar-refractivity contribution >= 4 is 34.2 Å². The monoisotopic (exact) mass is 617 g/mol. The number of carbonyl (C=O) groups excluding carboxylic acids is 1. The topological polar surface area (TPSA) is 101 Å². The van der Waals surface area contributed by atoms with Gasteiger partial charge in [-0.25, -0.2) is 9.37 Å². The number of rotatable bonds is 4. The van der Waals surface area contributed by atoms with Gasteiger partial charge in [0.1, 0.15) is 11.6 Å². The van der Waals surface area contributed by atoms with Gasteiger partial charge in [0.2, 0.25) is 11.7 Å². The minimum atomic E-state index is -0.706. The van der Waals surface area contributed by atoms with E-state index in [1.165, 1.54) is 28.8 Å². The van der Waals surface area contributed by atoms with Crippen molar-refractivity contribution in [3.63, 3.8) is 0 Å². The number of hydrogen-bond acceptors (Lipinski definition) is 7. The van der Waals surface area contributed by atoms with Crippen molar-refractivity contribution in [3.05, 3.63) is 81.6 Å². The molecule has 1 amide bonds. The predicted octanol–water partition coefficient (Wildman–Crippen LogP) is 5.75. The van der Waals surface area contributed by atoms with Crippen LogP contribution in [0.25, 0.3) is 28.0 Å². The number of pyridine rings is 3. The Labute approximate surface area is 259 Å². The highest BCUT2D eigenvalue weighted by atomic mass is 35.5. The van der Waals surface area contributed by atoms with Gasteiger partial charge in [-0.05, 0) is 55.7 Å². The maximum atomic E-state index is 15.2. The molecule has 4 aromatic rings. The van der Waals surface area contributed by atoms with Crippen LogP contribution in [-0.2, 0) is 4.79 Å². The molecule has 11 heteroatoms. The fourth-order valence-corrected chi connectivity index (χ4v) is 6.72. The number of aryl methyl sites for hydroxylation is 1. The van der Waals surface area contributed by atoms with Crippen molar-refractivity contribution in [2.24, 2.45) is 0 Å². The molecular weight excluding hydrogens is 585 g/mol. The summed E-state index contributed by atoms with van der Waals surface area (Å²) in [6.45, 7) is 12.6. The van der Waals surface area contributed by atoms with Gasteiger partial charge in [-0.1, -0.05) is 38.1 Å². The third-order valence-corrected chi connectivity index (χ3v) is 8.70. The Balaban J connectivity index is 1.73. The van der Waals surface area contributed by atoms with Crippen LogP contribution in [-0.4, -0.2) is 62.2 Å². The van der Waals surface area contributed by atoms with Crippen molar-refractivity contribution in [2.45, 2.75) is 52.1 Å². The Hall–Kier alpha value is -4.44. The number of piperazine rings is 1. The third-order valence-electron chi connectivity index (χ3n) is 8.41. The summed E-state index contributed by atoms with van der Waals surface area (Å²) < 4.78 is 22.9. The van der Waals surface area contributed by atoms with E-state index in [0.29, 0.717) is 42.0 Å². The lowest BCUT2D eigenvalue weighted by molar-refractivity contribution is -0.127. The van der Waals surface area contributed by atoms with Gasteiger partial charge in [0.05, 0.1) is 46.0 Å². The number of phenols is 1. The Morgan fingerprint density at radius 2 is 2.02 bits per heavy atom. The number of nitrogens with zero attached hydrogens (tertiary/aromatic N) is 5. The van der Waals surface area contributed by atoms with E-state index in [9.17, 15) is 14.7 Å². The lowest BCUT2D eigenvalue weighted by atomic mass is 10.0. The molecule has 44 heavy (non-hydrogen) atoms. The minimum absolute atomic E-state index is 0.00366. The van der Waals surface area contributed by atoms with E-state index in [-0.39, 0.29) is 63.9 Å². The molecule has 0 radical (unpaired) electrons. The first-order chi connectivity index (χ1) is 21.0. The van der Waals surface area contributed by atoms with Crippen LogP contribution in [0.1, 0.15) is 44.4 Å². The number of amides is 1. The average molecular weight is 618 g/mol. The van der Waals surface area contributed by atoms with Crippen LogP contribution in [0.4, 0.5) is 10.1 Å². The normalized spacial score (nSPS) is 18.1. The molecule has 0 bridgehead atoms. The Morgan fingerprint density at radius 1 is 1.25 bits per heavy atom. The second kappa shape index (κ2) is 11.2. The zero-order valence-corrected chi connectivity index (χ0v) is 25.7. The Morgan fingerprint density at radius 3 is 2.73 bits per heavy atom. The van der Waals surface area contributed by atoms with Crippen LogP contribution in [0.5, 0.6) is 11.5 Å². The number of carbonyl (C=O) groups is 1. The van der Waals surface area contributed by atoms with Gasteiger partial charge in [0, 0.05) is 37.1 Å². The summed E-state index contributed by atoms with van der Waals surface area (Å²) in [6, 6.07) is 7.08. The van der Waals surface area contributed by atoms with Crippen molar-refractivity contribution < 1.29 is 19.0 Å². The second-order valence-corrected chi connectivity index (χ2v) is 12.1. The lowest BCUT2D eigenvalue weighted by Crippen LogP contribution is -2.59. The summed E-state index contributed by atoms with van der Waals surface area (Å²) in [4.78, 5) is 40.6. The van der Waals surface area contributed by atoms with Gasteiger partial charge < -0.3 is 19.6 Å². The highest BCUT2D eigenvalue weighted by molar-refractivity contribution is 6.34. The summed E-state index contributed by atoms with van der Waals surface area (Å²) in [6.07, 6.45) is 3.57. The molecular formula is C33H33ClFN5O4. The fraction of sp³-hybridized carbons (Fsp3) is 0.333. The van der Waals surface area contributed by atoms with E-state index in [1.807, 2.05) is 33.8 Å². The van der Waals surface area contributed by atoms with Crippen LogP contribution in [0.2, 0.25) is 5.02 Å². The van der Waals surface area contributed by atoms with Gasteiger partial charge in [0.15, 0.2) is 5.65 Å². The maximum absolute atomic E-state index is 15.2. The number of hydrogen-bond donors (Lipinski definition) is 1. The Bertz CT molecular complexity index is 1870. The van der Waals surface area contributed by atoms with Crippen LogP contribution in [0.15, 0.2) is 54.0 Å². The molecule has 2 aliphatic heterocycles. The molecule has 6 rings (SSSR count). The zero-order valence-electron chi connectivity index (χ0n) is 25.0. The van der Waals surface area contributed by atoms with Crippen molar-refractivity contribution in [1.82, 2.24) is 19.4 Å². The molecule has 5 heterocycles. The van der Waals surface area contributed by atoms with Gasteiger partial charge in [-0.15, -0.1) is 0 Å². The molecule has 2 aliphatic rings. The molecule has 228 valence electrons. The molecule has 3 aromatic heterocycles. The van der Waals surface area contributed by atoms with Crippen LogP contribution in [0.3, 0.4) is 0 Å². The van der Waals surface area contributed by atoms with E-state index in [4.69, 9.17) is 21.3 Å². The molecule has 0 aliphatic carbocycles. The standard InChI is InChI=1S/C33H33ClFN5O4/c1-6-25(42)38-15-19(5)39-20(16-38)11-13-44-31-30(39)21-14-22(34)28(26-23(35)8-7-9-24(26)41)37-32(21)40(33(31)43)29-18(4)10-12-36-27(29)17(2)3/h6-10,12,14,17,19-20,41H,1,11,13,15-16H2,2-5H3. The fourth-order valence-electron chi connectivity index (χ4n) is 6.47. The van der Waals surface area contributed by atoms with E-state index in [0.717, 1.165) is 5.56 Å². The van der Waals surface area contributed by atoms with E-state index < -0.39 is 11.4 Å². The number of aromatic nitrogens is 3. The van der Waals surface area contributed by atoms with Crippen LogP contribution < -0.4 is 15.2 Å². The number of aromatic hydroxyl groups is 1. The lowest BCUT2D eigenvalue weighted by Gasteiger charge is -2.46. The Kier molecular flexibility index (Phi) is 7.57. The molecule has 2 unspecified atom stereocenters. The van der Waals surface area contributed by atoms with Crippen LogP contribution in [0, 0.1) is 12.7 Å². The van der Waals surface area contributed by atoms with E-state index in [1.54, 1.807) is 17.2 Å². The van der Waals surface area contributed by atoms with Gasteiger partial charge in [-0.2, -0.15) is 0 Å². The second-order valence-electron chi connectivity index (χ2n) is 11.7. The number of phenolic OH excluding ortho intramolecular Hbond substituents is 1.